The van der Waals surface area contributed by atoms with E-state index in [2.05, 4.69) is 4.98 Å². The monoisotopic (exact) mass is 355 g/mol. The minimum absolute atomic E-state index is 0.319. The molecule has 136 valence electrons. The highest BCUT2D eigenvalue weighted by Crippen LogP contribution is 2.38. The third-order valence-electron chi connectivity index (χ3n) is 4.09. The molecule has 3 aromatic rings. The summed E-state index contributed by atoms with van der Waals surface area (Å²) in [4.78, 5) is 15.6. The van der Waals surface area contributed by atoms with Crippen LogP contribution in [0.15, 0.2) is 34.9 Å². The van der Waals surface area contributed by atoms with Crippen LogP contribution < -0.4 is 9.47 Å². The lowest BCUT2D eigenvalue weighted by atomic mass is 10.1. The molecule has 1 atom stereocenters. The van der Waals surface area contributed by atoms with E-state index in [1.54, 1.807) is 19.1 Å². The van der Waals surface area contributed by atoms with Crippen LogP contribution in [0, 0.1) is 13.8 Å². The molecule has 0 fully saturated rings. The van der Waals surface area contributed by atoms with Gasteiger partial charge in [0.25, 0.3) is 0 Å². The quantitative estimate of drug-likeness (QED) is 0.697. The van der Waals surface area contributed by atoms with Crippen LogP contribution in [0.4, 0.5) is 0 Å². The minimum atomic E-state index is -0.817. The van der Waals surface area contributed by atoms with Gasteiger partial charge in [0.2, 0.25) is 0 Å². The van der Waals surface area contributed by atoms with Crippen LogP contribution in [0.25, 0.3) is 11.0 Å². The summed E-state index contributed by atoms with van der Waals surface area (Å²) in [6, 6.07) is 7.40. The first kappa shape index (κ1) is 17.9. The molecule has 0 aliphatic rings. The molecular formula is C20H21NO5. The van der Waals surface area contributed by atoms with Crippen molar-refractivity contribution in [2.75, 3.05) is 0 Å². The molecule has 1 unspecified atom stereocenters. The number of pyridine rings is 1. The molecular weight excluding hydrogens is 334 g/mol. The Kier molecular flexibility index (Phi) is 4.95. The first-order valence-electron chi connectivity index (χ1n) is 8.33. The number of hydrogen-bond donors (Lipinski definition) is 1. The number of aryl methyl sites for hydroxylation is 2. The number of aliphatic hydroxyl groups excluding tert-OH is 1. The second-order valence-electron chi connectivity index (χ2n) is 6.21. The van der Waals surface area contributed by atoms with Crippen molar-refractivity contribution in [1.29, 1.82) is 0 Å². The molecule has 1 N–H and O–H groups in total. The van der Waals surface area contributed by atoms with Gasteiger partial charge in [-0.05, 0) is 39.0 Å². The average Bonchev–Trinajstić information content (AvgIpc) is 2.95. The van der Waals surface area contributed by atoms with Crippen molar-refractivity contribution in [2.45, 2.75) is 40.4 Å². The summed E-state index contributed by atoms with van der Waals surface area (Å²) >= 11 is 0. The van der Waals surface area contributed by atoms with E-state index in [0.29, 0.717) is 34.6 Å². The van der Waals surface area contributed by atoms with Crippen molar-refractivity contribution < 1.29 is 23.8 Å². The Balaban J connectivity index is 1.95. The molecule has 0 saturated carbocycles. The van der Waals surface area contributed by atoms with Gasteiger partial charge in [-0.3, -0.25) is 9.78 Å². The summed E-state index contributed by atoms with van der Waals surface area (Å²) in [5.41, 5.74) is 3.77. The zero-order valence-corrected chi connectivity index (χ0v) is 15.2. The second-order valence-corrected chi connectivity index (χ2v) is 6.21. The summed E-state index contributed by atoms with van der Waals surface area (Å²) in [7, 11) is 0. The van der Waals surface area contributed by atoms with Crippen LogP contribution in [0.5, 0.6) is 11.5 Å². The highest BCUT2D eigenvalue weighted by atomic mass is 16.5. The van der Waals surface area contributed by atoms with Crippen LogP contribution >= 0.6 is 0 Å². The lowest BCUT2D eigenvalue weighted by Gasteiger charge is -2.15. The molecule has 0 saturated heterocycles. The molecule has 6 heteroatoms. The molecule has 1 aromatic carbocycles. The van der Waals surface area contributed by atoms with Crippen LogP contribution in [0.3, 0.4) is 0 Å². The number of furan rings is 1. The maximum atomic E-state index is 11.2. The lowest BCUT2D eigenvalue weighted by molar-refractivity contribution is -0.131. The number of nitrogens with zero attached hydrogens (tertiary/aromatic N) is 1. The second kappa shape index (κ2) is 7.17. The van der Waals surface area contributed by atoms with Gasteiger partial charge in [0.15, 0.2) is 5.75 Å². The molecule has 3 rings (SSSR count). The van der Waals surface area contributed by atoms with Crippen LogP contribution in [-0.2, 0) is 11.4 Å². The summed E-state index contributed by atoms with van der Waals surface area (Å²) in [6.45, 7) is 7.15. The summed E-state index contributed by atoms with van der Waals surface area (Å²) < 4.78 is 16.6. The van der Waals surface area contributed by atoms with Gasteiger partial charge in [-0.2, -0.15) is 0 Å². The normalized spacial score (nSPS) is 12.2. The van der Waals surface area contributed by atoms with Gasteiger partial charge >= 0.3 is 5.97 Å². The number of carbonyl (C=O) groups excluding carboxylic acids is 1. The molecule has 0 bridgehead atoms. The van der Waals surface area contributed by atoms with Crippen molar-refractivity contribution in [3.63, 3.8) is 0 Å². The van der Waals surface area contributed by atoms with Gasteiger partial charge in [0.1, 0.15) is 24.2 Å². The van der Waals surface area contributed by atoms with E-state index in [4.69, 9.17) is 13.9 Å². The molecule has 0 spiro atoms. The number of hydrogen-bond acceptors (Lipinski definition) is 6. The average molecular weight is 355 g/mol. The molecule has 2 heterocycles. The highest BCUT2D eigenvalue weighted by molar-refractivity contribution is 5.90. The highest BCUT2D eigenvalue weighted by Gasteiger charge is 2.20. The number of aliphatic hydroxyl groups is 1. The third-order valence-corrected chi connectivity index (χ3v) is 4.09. The van der Waals surface area contributed by atoms with Gasteiger partial charge in [-0.1, -0.05) is 6.07 Å². The zero-order valence-electron chi connectivity index (χ0n) is 15.2. The van der Waals surface area contributed by atoms with Crippen LogP contribution in [-0.4, -0.2) is 16.1 Å². The third kappa shape index (κ3) is 3.55. The van der Waals surface area contributed by atoms with Gasteiger partial charge in [-0.25, -0.2) is 0 Å². The van der Waals surface area contributed by atoms with Crippen molar-refractivity contribution in [1.82, 2.24) is 4.98 Å². The van der Waals surface area contributed by atoms with Crippen molar-refractivity contribution >= 4 is 16.9 Å². The summed E-state index contributed by atoms with van der Waals surface area (Å²) in [5, 5.41) is 10.8. The first-order valence-corrected chi connectivity index (χ1v) is 8.33. The lowest BCUT2D eigenvalue weighted by Crippen LogP contribution is -2.04. The Labute approximate surface area is 151 Å². The summed E-state index contributed by atoms with van der Waals surface area (Å²) in [5.74, 6) is 0.393. The molecule has 0 aliphatic carbocycles. The first-order chi connectivity index (χ1) is 12.4. The molecule has 2 aromatic heterocycles. The topological polar surface area (TPSA) is 81.8 Å². The fourth-order valence-electron chi connectivity index (χ4n) is 2.86. The van der Waals surface area contributed by atoms with E-state index >= 15 is 0 Å². The molecule has 0 aliphatic heterocycles. The zero-order chi connectivity index (χ0) is 18.8. The number of esters is 1. The Morgan fingerprint density at radius 3 is 2.65 bits per heavy atom. The number of carbonyl (C=O) groups is 1. The van der Waals surface area contributed by atoms with E-state index in [9.17, 15) is 9.90 Å². The number of rotatable bonds is 5. The van der Waals surface area contributed by atoms with E-state index in [1.165, 1.54) is 13.2 Å². The SMILES string of the molecule is CC(=O)Oc1coc2c(C(C)O)c(OCc3ccc(C)nc3C)ccc12. The minimum Gasteiger partial charge on any atom is -0.488 e. The van der Waals surface area contributed by atoms with E-state index < -0.39 is 12.1 Å². The van der Waals surface area contributed by atoms with Crippen LogP contribution in [0.1, 0.15) is 42.5 Å². The van der Waals surface area contributed by atoms with E-state index in [-0.39, 0.29) is 0 Å². The fourth-order valence-corrected chi connectivity index (χ4v) is 2.86. The predicted octanol–water partition coefficient (Wildman–Crippen LogP) is 4.00. The maximum absolute atomic E-state index is 11.2. The Hall–Kier alpha value is -2.86. The fraction of sp³-hybridized carbons (Fsp3) is 0.300. The smallest absolute Gasteiger partial charge is 0.308 e. The number of fused-ring (bicyclic) bond motifs is 1. The van der Waals surface area contributed by atoms with E-state index in [1.807, 2.05) is 26.0 Å². The Morgan fingerprint density at radius 1 is 1.23 bits per heavy atom. The number of benzene rings is 1. The van der Waals surface area contributed by atoms with Crippen LogP contribution in [0.2, 0.25) is 0 Å². The maximum Gasteiger partial charge on any atom is 0.308 e. The van der Waals surface area contributed by atoms with Crippen molar-refractivity contribution in [3.8, 4) is 11.5 Å². The predicted molar refractivity (Wildman–Crippen MR) is 96.2 cm³/mol. The molecule has 0 amide bonds. The van der Waals surface area contributed by atoms with Gasteiger partial charge in [-0.15, -0.1) is 0 Å². The van der Waals surface area contributed by atoms with Gasteiger partial charge < -0.3 is 19.0 Å². The number of aromatic nitrogens is 1. The van der Waals surface area contributed by atoms with E-state index in [0.717, 1.165) is 17.0 Å². The van der Waals surface area contributed by atoms with Gasteiger partial charge in [0.05, 0.1) is 17.1 Å². The summed E-state index contributed by atoms with van der Waals surface area (Å²) in [6.07, 6.45) is 0.540. The van der Waals surface area contributed by atoms with Gasteiger partial charge in [0, 0.05) is 23.9 Å². The van der Waals surface area contributed by atoms with Crippen molar-refractivity contribution in [2.24, 2.45) is 0 Å². The standard InChI is InChI=1S/C20H21NO5/c1-11-5-6-15(12(2)21-11)9-24-17-8-7-16-18(26-14(4)23)10-25-20(16)19(17)13(3)22/h5-8,10,13,22H,9H2,1-4H3. The molecule has 0 radical (unpaired) electrons. The Bertz CT molecular complexity index is 958. The molecule has 26 heavy (non-hydrogen) atoms. The number of ether oxygens (including phenoxy) is 2. The van der Waals surface area contributed by atoms with Crippen molar-refractivity contribution in [3.05, 3.63) is 53.0 Å². The largest absolute Gasteiger partial charge is 0.488 e. The Morgan fingerprint density at radius 2 is 2.00 bits per heavy atom. The molecule has 6 nitrogen and oxygen atoms in total.